The molecule has 1 saturated heterocycles. The highest BCUT2D eigenvalue weighted by atomic mass is 32.2. The Hall–Kier alpha value is -2.57. The zero-order valence-corrected chi connectivity index (χ0v) is 18.9. The van der Waals surface area contributed by atoms with Crippen molar-refractivity contribution in [1.29, 1.82) is 0 Å². The number of ether oxygens (including phenoxy) is 2. The van der Waals surface area contributed by atoms with Crippen LogP contribution in [0.4, 0.5) is 0 Å². The summed E-state index contributed by atoms with van der Waals surface area (Å²) < 4.78 is 12.2. The van der Waals surface area contributed by atoms with Gasteiger partial charge in [0.1, 0.15) is 4.32 Å². The lowest BCUT2D eigenvalue weighted by molar-refractivity contribution is -0.122. The summed E-state index contributed by atoms with van der Waals surface area (Å²) in [6.07, 6.45) is 4.35. The maximum atomic E-state index is 13.0. The van der Waals surface area contributed by atoms with Crippen molar-refractivity contribution in [3.8, 4) is 11.5 Å². The number of carbonyl (C=O) groups is 1. The molecule has 0 radical (unpaired) electrons. The van der Waals surface area contributed by atoms with Gasteiger partial charge in [-0.3, -0.25) is 9.69 Å². The topological polar surface area (TPSA) is 38.8 Å². The number of thioether (sulfide) groups is 1. The van der Waals surface area contributed by atoms with Crippen LogP contribution < -0.4 is 9.47 Å². The van der Waals surface area contributed by atoms with Gasteiger partial charge in [-0.25, -0.2) is 0 Å². The third kappa shape index (κ3) is 5.12. The lowest BCUT2D eigenvalue weighted by Gasteiger charge is -2.16. The first-order valence-electron chi connectivity index (χ1n) is 9.90. The van der Waals surface area contributed by atoms with E-state index in [4.69, 9.17) is 21.7 Å². The van der Waals surface area contributed by atoms with E-state index in [0.717, 1.165) is 22.4 Å². The van der Waals surface area contributed by atoms with E-state index in [-0.39, 0.29) is 5.91 Å². The Balaban J connectivity index is 1.92. The second kappa shape index (κ2) is 10.5. The van der Waals surface area contributed by atoms with Crippen LogP contribution in [-0.4, -0.2) is 28.3 Å². The van der Waals surface area contributed by atoms with E-state index in [1.165, 1.54) is 11.8 Å². The maximum Gasteiger partial charge on any atom is 0.266 e. The molecule has 1 amide bonds. The third-order valence-electron chi connectivity index (χ3n) is 4.46. The highest BCUT2D eigenvalue weighted by molar-refractivity contribution is 8.26. The molecule has 0 unspecified atom stereocenters. The van der Waals surface area contributed by atoms with Crippen molar-refractivity contribution in [2.24, 2.45) is 0 Å². The highest BCUT2D eigenvalue weighted by Crippen LogP contribution is 2.37. The van der Waals surface area contributed by atoms with Gasteiger partial charge < -0.3 is 9.47 Å². The van der Waals surface area contributed by atoms with Crippen molar-refractivity contribution in [2.45, 2.75) is 26.8 Å². The Kier molecular flexibility index (Phi) is 7.71. The van der Waals surface area contributed by atoms with Gasteiger partial charge >= 0.3 is 0 Å². The summed E-state index contributed by atoms with van der Waals surface area (Å²) >= 11 is 6.79. The molecule has 3 rings (SSSR count). The number of rotatable bonds is 9. The number of carbonyl (C=O) groups excluding carboxylic acids is 1. The molecule has 0 saturated carbocycles. The van der Waals surface area contributed by atoms with Gasteiger partial charge in [-0.05, 0) is 49.6 Å². The second-order valence-corrected chi connectivity index (χ2v) is 8.30. The fourth-order valence-electron chi connectivity index (χ4n) is 3.20. The van der Waals surface area contributed by atoms with Crippen LogP contribution in [-0.2, 0) is 17.8 Å². The van der Waals surface area contributed by atoms with Crippen molar-refractivity contribution in [2.75, 3.05) is 13.2 Å². The van der Waals surface area contributed by atoms with Crippen molar-refractivity contribution >= 4 is 40.3 Å². The van der Waals surface area contributed by atoms with E-state index in [0.29, 0.717) is 41.2 Å². The molecule has 156 valence electrons. The minimum atomic E-state index is -0.0778. The zero-order chi connectivity index (χ0) is 21.5. The minimum absolute atomic E-state index is 0.0778. The molecule has 4 nitrogen and oxygen atoms in total. The number of nitrogens with zero attached hydrogens (tertiary/aromatic N) is 1. The highest BCUT2D eigenvalue weighted by Gasteiger charge is 2.32. The summed E-state index contributed by atoms with van der Waals surface area (Å²) in [4.78, 5) is 15.2. The standard InChI is InChI=1S/C24H25NO3S2/c1-4-10-19-13-18(14-20(27-5-2)22(19)28-6-3)15-21-23(26)25(24(29)30-21)16-17-11-8-7-9-12-17/h4,7-9,11-15H,1,5-6,10,16H2,2-3H3/b21-15-. The molecular weight excluding hydrogens is 414 g/mol. The minimum Gasteiger partial charge on any atom is -0.490 e. The van der Waals surface area contributed by atoms with Crippen molar-refractivity contribution in [3.63, 3.8) is 0 Å². The Morgan fingerprint density at radius 3 is 2.53 bits per heavy atom. The van der Waals surface area contributed by atoms with E-state index >= 15 is 0 Å². The number of amides is 1. The number of hydrogen-bond donors (Lipinski definition) is 0. The van der Waals surface area contributed by atoms with Crippen molar-refractivity contribution in [3.05, 3.63) is 76.7 Å². The lowest BCUT2D eigenvalue weighted by atomic mass is 10.0. The van der Waals surface area contributed by atoms with Gasteiger partial charge in [0.15, 0.2) is 11.5 Å². The van der Waals surface area contributed by atoms with Crippen LogP contribution >= 0.6 is 24.0 Å². The molecule has 1 aliphatic rings. The van der Waals surface area contributed by atoms with E-state index < -0.39 is 0 Å². The first-order valence-corrected chi connectivity index (χ1v) is 11.1. The number of allylic oxidation sites excluding steroid dienone is 1. The molecule has 0 aromatic heterocycles. The molecule has 0 aliphatic carbocycles. The van der Waals surface area contributed by atoms with Crippen LogP contribution in [0.25, 0.3) is 6.08 Å². The third-order valence-corrected chi connectivity index (χ3v) is 5.84. The van der Waals surface area contributed by atoms with Crippen LogP contribution in [0.5, 0.6) is 11.5 Å². The van der Waals surface area contributed by atoms with Gasteiger partial charge in [0.2, 0.25) is 0 Å². The quantitative estimate of drug-likeness (QED) is 0.288. The summed E-state index contributed by atoms with van der Waals surface area (Å²) in [6, 6.07) is 13.8. The summed E-state index contributed by atoms with van der Waals surface area (Å²) in [5, 5.41) is 0. The number of benzene rings is 2. The Bertz CT molecular complexity index is 970. The molecule has 1 aliphatic heterocycles. The number of hydrogen-bond acceptors (Lipinski definition) is 5. The average Bonchev–Trinajstić information content (AvgIpc) is 2.99. The molecule has 6 heteroatoms. The molecule has 30 heavy (non-hydrogen) atoms. The number of thiocarbonyl (C=S) groups is 1. The largest absolute Gasteiger partial charge is 0.490 e. The van der Waals surface area contributed by atoms with Crippen molar-refractivity contribution in [1.82, 2.24) is 4.90 Å². The molecule has 2 aromatic carbocycles. The van der Waals surface area contributed by atoms with E-state index in [1.807, 2.05) is 68.5 Å². The predicted molar refractivity (Wildman–Crippen MR) is 128 cm³/mol. The first kappa shape index (κ1) is 22.1. The van der Waals surface area contributed by atoms with Crippen LogP contribution in [0, 0.1) is 0 Å². The smallest absolute Gasteiger partial charge is 0.266 e. The van der Waals surface area contributed by atoms with E-state index in [1.54, 1.807) is 4.90 Å². The van der Waals surface area contributed by atoms with Gasteiger partial charge in [-0.2, -0.15) is 0 Å². The molecule has 0 bridgehead atoms. The predicted octanol–water partition coefficient (Wildman–Crippen LogP) is 5.61. The fourth-order valence-corrected chi connectivity index (χ4v) is 4.45. The maximum absolute atomic E-state index is 13.0. The summed E-state index contributed by atoms with van der Waals surface area (Å²) in [6.45, 7) is 9.26. The van der Waals surface area contributed by atoms with Gasteiger partial charge in [-0.1, -0.05) is 60.4 Å². The van der Waals surface area contributed by atoms with Crippen LogP contribution in [0.3, 0.4) is 0 Å². The molecule has 0 N–H and O–H groups in total. The average molecular weight is 440 g/mol. The lowest BCUT2D eigenvalue weighted by Crippen LogP contribution is -2.27. The van der Waals surface area contributed by atoms with E-state index in [2.05, 4.69) is 6.58 Å². The zero-order valence-electron chi connectivity index (χ0n) is 17.2. The van der Waals surface area contributed by atoms with E-state index in [9.17, 15) is 4.79 Å². The SMILES string of the molecule is C=CCc1cc(/C=C2\SC(=S)N(Cc3ccccc3)C2=O)cc(OCC)c1OCC. The molecule has 2 aromatic rings. The van der Waals surface area contributed by atoms with Gasteiger partial charge in [-0.15, -0.1) is 6.58 Å². The molecule has 1 fully saturated rings. The summed E-state index contributed by atoms with van der Waals surface area (Å²) in [5.74, 6) is 1.32. The molecule has 0 spiro atoms. The normalized spacial score (nSPS) is 15.0. The van der Waals surface area contributed by atoms with Crippen LogP contribution in [0.15, 0.2) is 60.0 Å². The van der Waals surface area contributed by atoms with Gasteiger partial charge in [0, 0.05) is 5.56 Å². The Labute approximate surface area is 187 Å². The molecular formula is C24H25NO3S2. The summed E-state index contributed by atoms with van der Waals surface area (Å²) in [5.41, 5.74) is 2.89. The van der Waals surface area contributed by atoms with Gasteiger partial charge in [0.05, 0.1) is 24.7 Å². The molecule has 1 heterocycles. The Morgan fingerprint density at radius 2 is 1.87 bits per heavy atom. The van der Waals surface area contributed by atoms with Crippen LogP contribution in [0.1, 0.15) is 30.5 Å². The monoisotopic (exact) mass is 439 g/mol. The second-order valence-electron chi connectivity index (χ2n) is 6.62. The summed E-state index contributed by atoms with van der Waals surface area (Å²) in [7, 11) is 0. The van der Waals surface area contributed by atoms with Crippen molar-refractivity contribution < 1.29 is 14.3 Å². The Morgan fingerprint density at radius 1 is 1.13 bits per heavy atom. The molecule has 0 atom stereocenters. The fraction of sp³-hybridized carbons (Fsp3) is 0.250. The first-order chi connectivity index (χ1) is 14.6. The van der Waals surface area contributed by atoms with Gasteiger partial charge in [0.25, 0.3) is 5.91 Å². The van der Waals surface area contributed by atoms with Crippen LogP contribution in [0.2, 0.25) is 0 Å².